The van der Waals surface area contributed by atoms with Gasteiger partial charge >= 0.3 is 0 Å². The molecule has 0 saturated carbocycles. The van der Waals surface area contributed by atoms with Crippen LogP contribution in [0.1, 0.15) is 37.7 Å². The van der Waals surface area contributed by atoms with Crippen LogP contribution in [0.3, 0.4) is 0 Å². The van der Waals surface area contributed by atoms with Crippen LogP contribution in [0, 0.1) is 0 Å². The average molecular weight is 244 g/mol. The molecule has 2 aliphatic rings. The van der Waals surface area contributed by atoms with E-state index in [0.717, 1.165) is 18.6 Å². The van der Waals surface area contributed by atoms with E-state index < -0.39 is 0 Å². The molecule has 2 fully saturated rings. The summed E-state index contributed by atoms with van der Waals surface area (Å²) in [5, 5.41) is 3.76. The Bertz CT molecular complexity index is 363. The normalized spacial score (nSPS) is 29.6. The van der Waals surface area contributed by atoms with Gasteiger partial charge in [0.05, 0.1) is 0 Å². The van der Waals surface area contributed by atoms with Gasteiger partial charge in [0, 0.05) is 18.6 Å². The Morgan fingerprint density at radius 2 is 1.94 bits per heavy atom. The number of fused-ring (bicyclic) bond motifs is 1. The highest BCUT2D eigenvalue weighted by atomic mass is 15.2. The molecule has 0 aliphatic carbocycles. The van der Waals surface area contributed by atoms with Gasteiger partial charge in [-0.3, -0.25) is 4.90 Å². The van der Waals surface area contributed by atoms with Gasteiger partial charge in [0.25, 0.3) is 0 Å². The first kappa shape index (κ1) is 12.2. The second kappa shape index (κ2) is 5.85. The topological polar surface area (TPSA) is 15.3 Å². The molecule has 2 heteroatoms. The van der Waals surface area contributed by atoms with Crippen LogP contribution in [0.15, 0.2) is 30.3 Å². The predicted molar refractivity (Wildman–Crippen MR) is 75.5 cm³/mol. The average Bonchev–Trinajstić information content (AvgIpc) is 2.66. The summed E-state index contributed by atoms with van der Waals surface area (Å²) in [6.07, 6.45) is 6.84. The summed E-state index contributed by atoms with van der Waals surface area (Å²) < 4.78 is 0. The lowest BCUT2D eigenvalue weighted by atomic mass is 9.93. The first-order valence-corrected chi connectivity index (χ1v) is 7.45. The Morgan fingerprint density at radius 1 is 1.06 bits per heavy atom. The lowest BCUT2D eigenvalue weighted by molar-refractivity contribution is 0.104. The molecule has 2 nitrogen and oxygen atoms in total. The van der Waals surface area contributed by atoms with E-state index in [4.69, 9.17) is 0 Å². The fourth-order valence-electron chi connectivity index (χ4n) is 3.53. The molecule has 1 aromatic carbocycles. The summed E-state index contributed by atoms with van der Waals surface area (Å²) in [6, 6.07) is 12.4. The van der Waals surface area contributed by atoms with Crippen LogP contribution in [0.25, 0.3) is 0 Å². The number of rotatable bonds is 2. The van der Waals surface area contributed by atoms with Crippen molar-refractivity contribution in [2.75, 3.05) is 13.1 Å². The quantitative estimate of drug-likeness (QED) is 0.860. The summed E-state index contributed by atoms with van der Waals surface area (Å²) in [7, 11) is 0. The van der Waals surface area contributed by atoms with Crippen LogP contribution in [0.2, 0.25) is 0 Å². The zero-order valence-electron chi connectivity index (χ0n) is 11.1. The zero-order chi connectivity index (χ0) is 12.2. The van der Waals surface area contributed by atoms with E-state index in [-0.39, 0.29) is 0 Å². The Balaban J connectivity index is 1.70. The van der Waals surface area contributed by atoms with Crippen LogP contribution in [-0.2, 0) is 6.54 Å². The maximum Gasteiger partial charge on any atom is 0.0252 e. The van der Waals surface area contributed by atoms with E-state index in [1.165, 1.54) is 50.8 Å². The highest BCUT2D eigenvalue weighted by Gasteiger charge is 2.31. The fraction of sp³-hybridized carbons (Fsp3) is 0.625. The number of likely N-dealkylation sites (tertiary alicyclic amines) is 1. The molecular formula is C16H24N2. The Labute approximate surface area is 110 Å². The van der Waals surface area contributed by atoms with Gasteiger partial charge in [0.2, 0.25) is 0 Å². The van der Waals surface area contributed by atoms with Gasteiger partial charge in [0.15, 0.2) is 0 Å². The lowest BCUT2D eigenvalue weighted by Gasteiger charge is -2.41. The molecule has 18 heavy (non-hydrogen) atoms. The van der Waals surface area contributed by atoms with E-state index in [0.29, 0.717) is 0 Å². The first-order chi connectivity index (χ1) is 8.93. The van der Waals surface area contributed by atoms with Crippen molar-refractivity contribution in [1.29, 1.82) is 0 Å². The molecule has 2 atom stereocenters. The molecule has 0 bridgehead atoms. The van der Waals surface area contributed by atoms with E-state index in [1.807, 2.05) is 0 Å². The smallest absolute Gasteiger partial charge is 0.0252 e. The molecule has 2 aliphatic heterocycles. The molecule has 0 spiro atoms. The van der Waals surface area contributed by atoms with Crippen LogP contribution in [-0.4, -0.2) is 30.1 Å². The number of nitrogens with zero attached hydrogens (tertiary/aromatic N) is 1. The summed E-state index contributed by atoms with van der Waals surface area (Å²) in [5.74, 6) is 0. The summed E-state index contributed by atoms with van der Waals surface area (Å²) in [6.45, 7) is 3.63. The van der Waals surface area contributed by atoms with Crippen molar-refractivity contribution in [3.63, 3.8) is 0 Å². The van der Waals surface area contributed by atoms with Crippen LogP contribution >= 0.6 is 0 Å². The zero-order valence-corrected chi connectivity index (χ0v) is 11.1. The molecule has 0 amide bonds. The third-order valence-electron chi connectivity index (χ3n) is 4.46. The van der Waals surface area contributed by atoms with E-state index in [9.17, 15) is 0 Å². The highest BCUT2D eigenvalue weighted by molar-refractivity contribution is 5.15. The molecule has 0 radical (unpaired) electrons. The Hall–Kier alpha value is -0.860. The number of hydrogen-bond acceptors (Lipinski definition) is 2. The van der Waals surface area contributed by atoms with E-state index in [2.05, 4.69) is 40.5 Å². The molecular weight excluding hydrogens is 220 g/mol. The molecule has 1 aromatic rings. The van der Waals surface area contributed by atoms with Gasteiger partial charge in [-0.15, -0.1) is 0 Å². The Morgan fingerprint density at radius 3 is 2.83 bits per heavy atom. The van der Waals surface area contributed by atoms with Crippen LogP contribution in [0.4, 0.5) is 0 Å². The standard InChI is InChI=1S/C16H24N2/c1-2-7-14(8-3-1)13-18-12-6-9-15-16(18)10-4-5-11-17-15/h1-3,7-8,15-17H,4-6,9-13H2/t15-,16+/m0/s1. The minimum absolute atomic E-state index is 0.741. The van der Waals surface area contributed by atoms with Gasteiger partial charge in [-0.05, 0) is 44.3 Å². The molecule has 2 heterocycles. The predicted octanol–water partition coefficient (Wildman–Crippen LogP) is 2.79. The van der Waals surface area contributed by atoms with Crippen LogP contribution < -0.4 is 5.32 Å². The number of nitrogens with one attached hydrogen (secondary N) is 1. The minimum atomic E-state index is 0.741. The maximum absolute atomic E-state index is 3.76. The van der Waals surface area contributed by atoms with Crippen LogP contribution in [0.5, 0.6) is 0 Å². The van der Waals surface area contributed by atoms with Crippen molar-refractivity contribution >= 4 is 0 Å². The Kier molecular flexibility index (Phi) is 3.96. The third kappa shape index (κ3) is 2.76. The summed E-state index contributed by atoms with van der Waals surface area (Å²) in [5.41, 5.74) is 1.46. The number of piperidine rings is 1. The molecule has 2 saturated heterocycles. The summed E-state index contributed by atoms with van der Waals surface area (Å²) >= 11 is 0. The van der Waals surface area contributed by atoms with Crippen molar-refractivity contribution in [1.82, 2.24) is 10.2 Å². The monoisotopic (exact) mass is 244 g/mol. The van der Waals surface area contributed by atoms with Crippen molar-refractivity contribution in [2.45, 2.75) is 50.7 Å². The second-order valence-corrected chi connectivity index (χ2v) is 5.72. The molecule has 0 aromatic heterocycles. The van der Waals surface area contributed by atoms with Gasteiger partial charge < -0.3 is 5.32 Å². The molecule has 1 N–H and O–H groups in total. The van der Waals surface area contributed by atoms with Crippen molar-refractivity contribution in [3.05, 3.63) is 35.9 Å². The molecule has 98 valence electrons. The largest absolute Gasteiger partial charge is 0.312 e. The molecule has 3 rings (SSSR count). The third-order valence-corrected chi connectivity index (χ3v) is 4.46. The molecule has 0 unspecified atom stereocenters. The van der Waals surface area contributed by atoms with E-state index >= 15 is 0 Å². The fourth-order valence-corrected chi connectivity index (χ4v) is 3.53. The van der Waals surface area contributed by atoms with Gasteiger partial charge in [-0.25, -0.2) is 0 Å². The second-order valence-electron chi connectivity index (χ2n) is 5.72. The van der Waals surface area contributed by atoms with Crippen molar-refractivity contribution < 1.29 is 0 Å². The van der Waals surface area contributed by atoms with Crippen molar-refractivity contribution in [2.24, 2.45) is 0 Å². The van der Waals surface area contributed by atoms with Gasteiger partial charge in [0.1, 0.15) is 0 Å². The van der Waals surface area contributed by atoms with Gasteiger partial charge in [-0.1, -0.05) is 36.8 Å². The SMILES string of the molecule is c1ccc(CN2CCC[C@@H]3NCCCC[C@H]32)cc1. The highest BCUT2D eigenvalue weighted by Crippen LogP contribution is 2.25. The first-order valence-electron chi connectivity index (χ1n) is 7.45. The number of benzene rings is 1. The van der Waals surface area contributed by atoms with E-state index in [1.54, 1.807) is 0 Å². The van der Waals surface area contributed by atoms with Gasteiger partial charge in [-0.2, -0.15) is 0 Å². The minimum Gasteiger partial charge on any atom is -0.312 e. The lowest BCUT2D eigenvalue weighted by Crippen LogP contribution is -2.52. The number of hydrogen-bond donors (Lipinski definition) is 1. The maximum atomic E-state index is 3.76. The van der Waals surface area contributed by atoms with Crippen molar-refractivity contribution in [3.8, 4) is 0 Å². The summed E-state index contributed by atoms with van der Waals surface area (Å²) in [4.78, 5) is 2.71.